The minimum atomic E-state index is -0.934. The van der Waals surface area contributed by atoms with Crippen molar-refractivity contribution in [1.82, 2.24) is 9.38 Å². The van der Waals surface area contributed by atoms with E-state index in [1.54, 1.807) is 49.5 Å². The van der Waals surface area contributed by atoms with Crippen molar-refractivity contribution in [3.05, 3.63) is 64.2 Å². The predicted octanol–water partition coefficient (Wildman–Crippen LogP) is 3.55. The fraction of sp³-hybridized carbons (Fsp3) is 0.118. The van der Waals surface area contributed by atoms with Gasteiger partial charge in [0.25, 0.3) is 5.56 Å². The monoisotopic (exact) mass is 344 g/mol. The first kappa shape index (κ1) is 16.0. The molecule has 6 nitrogen and oxygen atoms in total. The Hall–Kier alpha value is -2.86. The summed E-state index contributed by atoms with van der Waals surface area (Å²) in [6.07, 6.45) is 2.19. The Morgan fingerprint density at radius 2 is 2.04 bits per heavy atom. The van der Waals surface area contributed by atoms with E-state index in [4.69, 9.17) is 21.1 Å². The van der Waals surface area contributed by atoms with Gasteiger partial charge in [-0.2, -0.15) is 0 Å². The Labute approximate surface area is 142 Å². The van der Waals surface area contributed by atoms with Crippen LogP contribution in [0.3, 0.4) is 0 Å². The van der Waals surface area contributed by atoms with E-state index in [-0.39, 0.29) is 22.9 Å². The van der Waals surface area contributed by atoms with E-state index in [9.17, 15) is 9.59 Å². The number of rotatable bonds is 3. The van der Waals surface area contributed by atoms with Crippen molar-refractivity contribution >= 4 is 23.3 Å². The Kier molecular flexibility index (Phi) is 4.48. The molecule has 3 aromatic rings. The molecule has 24 heavy (non-hydrogen) atoms. The number of hydrogen-bond acceptors (Lipinski definition) is 5. The first-order valence-electron chi connectivity index (χ1n) is 7.22. The third-order valence-corrected chi connectivity index (χ3v) is 3.68. The molecule has 0 N–H and O–H groups in total. The van der Waals surface area contributed by atoms with Crippen LogP contribution in [0.5, 0.6) is 5.75 Å². The molecule has 0 aliphatic heterocycles. The Morgan fingerprint density at radius 1 is 1.25 bits per heavy atom. The zero-order chi connectivity index (χ0) is 17.1. The third kappa shape index (κ3) is 2.83. The lowest BCUT2D eigenvalue weighted by atomic mass is 10.1. The van der Waals surface area contributed by atoms with E-state index in [2.05, 4.69) is 4.98 Å². The van der Waals surface area contributed by atoms with Gasteiger partial charge >= 0.3 is 6.16 Å². The second kappa shape index (κ2) is 6.72. The minimum absolute atomic E-state index is 0.0648. The van der Waals surface area contributed by atoms with E-state index < -0.39 is 11.7 Å². The zero-order valence-electron chi connectivity index (χ0n) is 12.7. The highest BCUT2D eigenvalue weighted by molar-refractivity contribution is 6.36. The van der Waals surface area contributed by atoms with Crippen molar-refractivity contribution in [3.8, 4) is 17.0 Å². The lowest BCUT2D eigenvalue weighted by molar-refractivity contribution is 0.104. The van der Waals surface area contributed by atoms with Gasteiger partial charge in [-0.1, -0.05) is 23.7 Å². The molecule has 0 aromatic carbocycles. The van der Waals surface area contributed by atoms with Crippen LogP contribution in [0.25, 0.3) is 16.8 Å². The van der Waals surface area contributed by atoms with Crippen LogP contribution in [0.15, 0.2) is 53.6 Å². The maximum absolute atomic E-state index is 12.9. The molecule has 0 atom stereocenters. The van der Waals surface area contributed by atoms with Gasteiger partial charge in [0, 0.05) is 12.4 Å². The van der Waals surface area contributed by atoms with Gasteiger partial charge in [0.15, 0.2) is 5.75 Å². The van der Waals surface area contributed by atoms with E-state index in [1.165, 1.54) is 10.6 Å². The molecule has 3 rings (SSSR count). The van der Waals surface area contributed by atoms with Crippen molar-refractivity contribution < 1.29 is 14.3 Å². The van der Waals surface area contributed by atoms with Crippen LogP contribution in [0.4, 0.5) is 4.79 Å². The number of nitrogens with zero attached hydrogens (tertiary/aromatic N) is 2. The van der Waals surface area contributed by atoms with Crippen LogP contribution in [0.2, 0.25) is 5.02 Å². The average Bonchev–Trinajstić information content (AvgIpc) is 2.61. The summed E-state index contributed by atoms with van der Waals surface area (Å²) < 4.78 is 11.4. The molecule has 0 aliphatic carbocycles. The van der Waals surface area contributed by atoms with Gasteiger partial charge in [0.05, 0.1) is 17.8 Å². The SMILES string of the molecule is CCOC(=O)Oc1c(-c2ccccn2)c(=O)n2ccccc2c1Cl. The molecule has 0 unspecified atom stereocenters. The number of carbonyl (C=O) groups is 1. The largest absolute Gasteiger partial charge is 0.513 e. The van der Waals surface area contributed by atoms with Crippen LogP contribution in [0.1, 0.15) is 6.92 Å². The molecule has 0 amide bonds. The maximum atomic E-state index is 12.9. The van der Waals surface area contributed by atoms with Crippen LogP contribution in [0, 0.1) is 0 Å². The summed E-state index contributed by atoms with van der Waals surface area (Å²) in [4.78, 5) is 28.8. The number of ether oxygens (including phenoxy) is 2. The first-order chi connectivity index (χ1) is 11.6. The summed E-state index contributed by atoms with van der Waals surface area (Å²) in [5.41, 5.74) is 0.468. The molecule has 0 radical (unpaired) electrons. The van der Waals surface area contributed by atoms with Gasteiger partial charge in [-0.25, -0.2) is 4.79 Å². The van der Waals surface area contributed by atoms with Crippen molar-refractivity contribution in [2.24, 2.45) is 0 Å². The molecular formula is C17H13ClN2O4. The van der Waals surface area contributed by atoms with Gasteiger partial charge in [0.1, 0.15) is 10.6 Å². The second-order valence-electron chi connectivity index (χ2n) is 4.78. The van der Waals surface area contributed by atoms with Gasteiger partial charge in [-0.15, -0.1) is 0 Å². The predicted molar refractivity (Wildman–Crippen MR) is 89.6 cm³/mol. The average molecular weight is 345 g/mol. The molecule has 122 valence electrons. The van der Waals surface area contributed by atoms with Crippen molar-refractivity contribution in [2.75, 3.05) is 6.61 Å². The van der Waals surface area contributed by atoms with Gasteiger partial charge in [-0.3, -0.25) is 14.2 Å². The molecule has 7 heteroatoms. The smallest absolute Gasteiger partial charge is 0.434 e. The van der Waals surface area contributed by atoms with Crippen LogP contribution >= 0.6 is 11.6 Å². The molecule has 3 aromatic heterocycles. The highest BCUT2D eigenvalue weighted by Crippen LogP contribution is 2.35. The highest BCUT2D eigenvalue weighted by Gasteiger charge is 2.23. The van der Waals surface area contributed by atoms with Crippen LogP contribution in [-0.4, -0.2) is 22.1 Å². The fourth-order valence-electron chi connectivity index (χ4n) is 2.31. The number of halogens is 1. The lowest BCUT2D eigenvalue weighted by Crippen LogP contribution is -2.20. The molecule has 0 bridgehead atoms. The van der Waals surface area contributed by atoms with Crippen molar-refractivity contribution in [2.45, 2.75) is 6.92 Å². The summed E-state index contributed by atoms with van der Waals surface area (Å²) in [6.45, 7) is 1.79. The summed E-state index contributed by atoms with van der Waals surface area (Å²) in [6, 6.07) is 10.2. The summed E-state index contributed by atoms with van der Waals surface area (Å²) in [7, 11) is 0. The van der Waals surface area contributed by atoms with Crippen LogP contribution < -0.4 is 10.3 Å². The van der Waals surface area contributed by atoms with Gasteiger partial charge < -0.3 is 9.47 Å². The fourth-order valence-corrected chi connectivity index (χ4v) is 2.59. The standard InChI is InChI=1S/C17H13ClN2O4/c1-2-23-17(22)24-15-13(11-7-3-5-9-19-11)16(21)20-10-6-4-8-12(20)14(15)18/h3-10H,2H2,1H3. The van der Waals surface area contributed by atoms with Crippen molar-refractivity contribution in [3.63, 3.8) is 0 Å². The zero-order valence-corrected chi connectivity index (χ0v) is 13.5. The van der Waals surface area contributed by atoms with E-state index >= 15 is 0 Å². The minimum Gasteiger partial charge on any atom is -0.434 e. The maximum Gasteiger partial charge on any atom is 0.513 e. The first-order valence-corrected chi connectivity index (χ1v) is 7.60. The summed E-state index contributed by atoms with van der Waals surface area (Å²) in [5.74, 6) is -0.0648. The molecule has 0 saturated heterocycles. The van der Waals surface area contributed by atoms with Crippen molar-refractivity contribution in [1.29, 1.82) is 0 Å². The molecule has 0 aliphatic rings. The Balaban J connectivity index is 2.32. The highest BCUT2D eigenvalue weighted by atomic mass is 35.5. The number of fused-ring (bicyclic) bond motifs is 1. The number of aromatic nitrogens is 2. The Bertz CT molecular complexity index is 954. The number of carbonyl (C=O) groups excluding carboxylic acids is 1. The van der Waals surface area contributed by atoms with Gasteiger partial charge in [-0.05, 0) is 31.2 Å². The number of hydrogen-bond donors (Lipinski definition) is 0. The summed E-state index contributed by atoms with van der Waals surface area (Å²) >= 11 is 6.39. The van der Waals surface area contributed by atoms with E-state index in [0.717, 1.165) is 0 Å². The quantitative estimate of drug-likeness (QED) is 0.679. The number of pyridine rings is 3. The van der Waals surface area contributed by atoms with Crippen LogP contribution in [-0.2, 0) is 4.74 Å². The van der Waals surface area contributed by atoms with Gasteiger partial charge in [0.2, 0.25) is 0 Å². The lowest BCUT2D eigenvalue weighted by Gasteiger charge is -2.13. The third-order valence-electron chi connectivity index (χ3n) is 3.31. The molecule has 3 heterocycles. The molecular weight excluding hydrogens is 332 g/mol. The molecule has 0 fully saturated rings. The van der Waals surface area contributed by atoms with E-state index in [0.29, 0.717) is 11.2 Å². The second-order valence-corrected chi connectivity index (χ2v) is 5.16. The topological polar surface area (TPSA) is 69.9 Å². The normalized spacial score (nSPS) is 10.6. The Morgan fingerprint density at radius 3 is 2.75 bits per heavy atom. The molecule has 0 spiro atoms. The van der Waals surface area contributed by atoms with E-state index in [1.807, 2.05) is 0 Å². The molecule has 0 saturated carbocycles. The summed E-state index contributed by atoms with van der Waals surface area (Å²) in [5, 5.41) is 0.129.